The number of nitrogens with zero attached hydrogens (tertiary/aromatic N) is 1. The molecule has 0 aliphatic rings. The van der Waals surface area contributed by atoms with Gasteiger partial charge in [0.05, 0.1) is 4.90 Å². The summed E-state index contributed by atoms with van der Waals surface area (Å²) in [5.41, 5.74) is 1.71. The Morgan fingerprint density at radius 1 is 1.00 bits per heavy atom. The van der Waals surface area contributed by atoms with Crippen LogP contribution in [0.5, 0.6) is 0 Å². The second kappa shape index (κ2) is 4.31. The molecule has 0 N–H and O–H groups in total. The zero-order valence-corrected chi connectivity index (χ0v) is 11.9. The van der Waals surface area contributed by atoms with Crippen LogP contribution in [0, 0.1) is 13.8 Å². The summed E-state index contributed by atoms with van der Waals surface area (Å²) in [6.45, 7) is 3.68. The van der Waals surface area contributed by atoms with E-state index in [-0.39, 0.29) is 0 Å². The quantitative estimate of drug-likeness (QED) is 0.854. The van der Waals surface area contributed by atoms with Crippen LogP contribution in [0.2, 0.25) is 0 Å². The minimum absolute atomic E-state index is 0.295. The van der Waals surface area contributed by atoms with Crippen molar-refractivity contribution in [1.29, 1.82) is 0 Å². The van der Waals surface area contributed by atoms with Gasteiger partial charge in [0.15, 0.2) is 0 Å². The van der Waals surface area contributed by atoms with Crippen LogP contribution in [0.4, 0.5) is 0 Å². The summed E-state index contributed by atoms with van der Waals surface area (Å²) < 4.78 is 26.6. The predicted molar refractivity (Wildman–Crippen MR) is 70.6 cm³/mol. The standard InChI is InChI=1S/C12H12BrNO2S/c1-9-3-6-11(7-4-9)17(15,16)14-10(2)5-8-12(14)13/h3-8H,1-2H3. The zero-order valence-electron chi connectivity index (χ0n) is 9.51. The van der Waals surface area contributed by atoms with Gasteiger partial charge in [0.25, 0.3) is 10.0 Å². The third-order valence-electron chi connectivity index (χ3n) is 2.54. The molecule has 1 aromatic carbocycles. The van der Waals surface area contributed by atoms with Crippen LogP contribution in [-0.2, 0) is 10.0 Å². The van der Waals surface area contributed by atoms with Crippen molar-refractivity contribution in [1.82, 2.24) is 3.97 Å². The van der Waals surface area contributed by atoms with Gasteiger partial charge in [0.2, 0.25) is 0 Å². The van der Waals surface area contributed by atoms with Crippen molar-refractivity contribution in [2.75, 3.05) is 0 Å². The van der Waals surface area contributed by atoms with Crippen LogP contribution >= 0.6 is 15.9 Å². The Hall–Kier alpha value is -1.07. The minimum atomic E-state index is -3.50. The lowest BCUT2D eigenvalue weighted by molar-refractivity contribution is 0.585. The Morgan fingerprint density at radius 3 is 2.06 bits per heavy atom. The highest BCUT2D eigenvalue weighted by Gasteiger charge is 2.20. The molecule has 1 heterocycles. The Labute approximate surface area is 109 Å². The normalized spacial score (nSPS) is 11.7. The first kappa shape index (κ1) is 12.4. The molecule has 2 rings (SSSR count). The van der Waals surface area contributed by atoms with Crippen molar-refractivity contribution in [2.24, 2.45) is 0 Å². The highest BCUT2D eigenvalue weighted by atomic mass is 79.9. The van der Waals surface area contributed by atoms with E-state index in [1.165, 1.54) is 3.97 Å². The van der Waals surface area contributed by atoms with Gasteiger partial charge in [-0.05, 0) is 54.0 Å². The van der Waals surface area contributed by atoms with Crippen molar-refractivity contribution in [2.45, 2.75) is 18.7 Å². The van der Waals surface area contributed by atoms with Crippen LogP contribution < -0.4 is 0 Å². The number of aryl methyl sites for hydroxylation is 2. The Morgan fingerprint density at radius 2 is 1.59 bits per heavy atom. The molecule has 0 atom stereocenters. The molecule has 0 spiro atoms. The predicted octanol–water partition coefficient (Wildman–Crippen LogP) is 3.10. The van der Waals surface area contributed by atoms with Crippen molar-refractivity contribution < 1.29 is 8.42 Å². The first-order chi connectivity index (χ1) is 7.93. The van der Waals surface area contributed by atoms with E-state index in [9.17, 15) is 8.42 Å². The van der Waals surface area contributed by atoms with E-state index >= 15 is 0 Å². The molecule has 0 aliphatic heterocycles. The molecule has 0 unspecified atom stereocenters. The van der Waals surface area contributed by atoms with E-state index in [0.717, 1.165) is 5.56 Å². The molecule has 0 bridgehead atoms. The fourth-order valence-electron chi connectivity index (χ4n) is 1.61. The molecule has 3 nitrogen and oxygen atoms in total. The van der Waals surface area contributed by atoms with Gasteiger partial charge in [-0.1, -0.05) is 17.7 Å². The first-order valence-corrected chi connectivity index (χ1v) is 7.32. The lowest BCUT2D eigenvalue weighted by atomic mass is 10.2. The maximum Gasteiger partial charge on any atom is 0.268 e. The van der Waals surface area contributed by atoms with Gasteiger partial charge in [0.1, 0.15) is 4.60 Å². The average molecular weight is 314 g/mol. The first-order valence-electron chi connectivity index (χ1n) is 5.09. The maximum absolute atomic E-state index is 12.4. The number of rotatable bonds is 2. The molecule has 0 amide bonds. The molecule has 90 valence electrons. The number of benzene rings is 1. The Bertz CT molecular complexity index is 622. The van der Waals surface area contributed by atoms with E-state index in [1.807, 2.05) is 6.92 Å². The molecule has 1 aromatic heterocycles. The molecule has 17 heavy (non-hydrogen) atoms. The topological polar surface area (TPSA) is 39.1 Å². The van der Waals surface area contributed by atoms with E-state index in [1.54, 1.807) is 43.3 Å². The van der Waals surface area contributed by atoms with Gasteiger partial charge in [-0.2, -0.15) is 0 Å². The molecular weight excluding hydrogens is 302 g/mol. The monoisotopic (exact) mass is 313 g/mol. The lowest BCUT2D eigenvalue weighted by Gasteiger charge is -2.09. The second-order valence-corrected chi connectivity index (χ2v) is 6.48. The zero-order chi connectivity index (χ0) is 12.6. The van der Waals surface area contributed by atoms with E-state index in [0.29, 0.717) is 15.2 Å². The van der Waals surface area contributed by atoms with Crippen LogP contribution in [-0.4, -0.2) is 12.4 Å². The van der Waals surface area contributed by atoms with Crippen LogP contribution in [0.25, 0.3) is 0 Å². The molecule has 0 saturated heterocycles. The highest BCUT2D eigenvalue weighted by molar-refractivity contribution is 9.10. The largest absolute Gasteiger partial charge is 0.268 e. The molecular formula is C12H12BrNO2S. The van der Waals surface area contributed by atoms with Gasteiger partial charge in [-0.25, -0.2) is 12.4 Å². The molecule has 0 saturated carbocycles. The van der Waals surface area contributed by atoms with Gasteiger partial charge in [-0.3, -0.25) is 0 Å². The van der Waals surface area contributed by atoms with Gasteiger partial charge < -0.3 is 0 Å². The van der Waals surface area contributed by atoms with Crippen molar-refractivity contribution in [3.8, 4) is 0 Å². The maximum atomic E-state index is 12.4. The van der Waals surface area contributed by atoms with Crippen LogP contribution in [0.15, 0.2) is 45.9 Å². The van der Waals surface area contributed by atoms with Gasteiger partial charge >= 0.3 is 0 Å². The number of aromatic nitrogens is 1. The third kappa shape index (κ3) is 2.17. The second-order valence-electron chi connectivity index (χ2n) is 3.88. The summed E-state index contributed by atoms with van der Waals surface area (Å²) in [5, 5.41) is 0. The van der Waals surface area contributed by atoms with Crippen LogP contribution in [0.3, 0.4) is 0 Å². The van der Waals surface area contributed by atoms with E-state index < -0.39 is 10.0 Å². The average Bonchev–Trinajstić information content (AvgIpc) is 2.59. The fraction of sp³-hybridized carbons (Fsp3) is 0.167. The molecule has 0 fully saturated rings. The summed E-state index contributed by atoms with van der Waals surface area (Å²) in [7, 11) is -3.50. The number of hydrogen-bond acceptors (Lipinski definition) is 2. The van der Waals surface area contributed by atoms with Crippen molar-refractivity contribution in [3.63, 3.8) is 0 Å². The lowest BCUT2D eigenvalue weighted by Crippen LogP contribution is -2.14. The number of hydrogen-bond donors (Lipinski definition) is 0. The minimum Gasteiger partial charge on any atom is -0.232 e. The molecule has 0 radical (unpaired) electrons. The summed E-state index contributed by atoms with van der Waals surface area (Å²) in [4.78, 5) is 0.295. The van der Waals surface area contributed by atoms with Crippen LogP contribution in [0.1, 0.15) is 11.3 Å². The summed E-state index contributed by atoms with van der Waals surface area (Å²) >= 11 is 3.25. The molecule has 0 aliphatic carbocycles. The summed E-state index contributed by atoms with van der Waals surface area (Å²) in [6, 6.07) is 10.3. The Balaban J connectivity index is 2.62. The molecule has 2 aromatic rings. The van der Waals surface area contributed by atoms with E-state index in [4.69, 9.17) is 0 Å². The van der Waals surface area contributed by atoms with Crippen molar-refractivity contribution in [3.05, 3.63) is 52.3 Å². The number of halogens is 1. The highest BCUT2D eigenvalue weighted by Crippen LogP contribution is 2.23. The Kier molecular flexibility index (Phi) is 3.14. The molecule has 5 heteroatoms. The smallest absolute Gasteiger partial charge is 0.232 e. The SMILES string of the molecule is Cc1ccc(S(=O)(=O)n2c(C)ccc2Br)cc1. The summed E-state index contributed by atoms with van der Waals surface area (Å²) in [6.07, 6.45) is 0. The van der Waals surface area contributed by atoms with E-state index in [2.05, 4.69) is 15.9 Å². The van der Waals surface area contributed by atoms with Gasteiger partial charge in [-0.15, -0.1) is 0 Å². The third-order valence-corrected chi connectivity index (χ3v) is 5.22. The fourth-order valence-corrected chi connectivity index (χ4v) is 4.02. The van der Waals surface area contributed by atoms with Gasteiger partial charge in [0, 0.05) is 5.69 Å². The summed E-state index contributed by atoms with van der Waals surface area (Å²) in [5.74, 6) is 0. The van der Waals surface area contributed by atoms with Crippen molar-refractivity contribution >= 4 is 26.0 Å².